The molecule has 0 radical (unpaired) electrons. The molecule has 0 fully saturated rings. The first-order valence-electron chi connectivity index (χ1n) is 5.33. The standard InChI is InChI=1S/C13H12N2OS/c1-3-16-11-5-4-10(6-9(11)2)13-12(7-14)17-8-15-13/h4-6,8H,3H2,1-2H3. The van der Waals surface area contributed by atoms with E-state index in [2.05, 4.69) is 11.1 Å². The average Bonchev–Trinajstić information content (AvgIpc) is 2.80. The molecule has 0 saturated heterocycles. The zero-order valence-electron chi connectivity index (χ0n) is 9.73. The van der Waals surface area contributed by atoms with Crippen LogP contribution in [0.25, 0.3) is 11.3 Å². The molecule has 2 rings (SSSR count). The van der Waals surface area contributed by atoms with E-state index < -0.39 is 0 Å². The highest BCUT2D eigenvalue weighted by Crippen LogP contribution is 2.28. The first-order chi connectivity index (χ1) is 8.26. The van der Waals surface area contributed by atoms with Crippen LogP contribution in [0.5, 0.6) is 5.75 Å². The van der Waals surface area contributed by atoms with E-state index in [1.807, 2.05) is 32.0 Å². The van der Waals surface area contributed by atoms with Gasteiger partial charge in [-0.2, -0.15) is 5.26 Å². The van der Waals surface area contributed by atoms with Crippen molar-refractivity contribution in [2.75, 3.05) is 6.61 Å². The van der Waals surface area contributed by atoms with E-state index in [-0.39, 0.29) is 0 Å². The molecule has 17 heavy (non-hydrogen) atoms. The van der Waals surface area contributed by atoms with Crippen molar-refractivity contribution in [3.05, 3.63) is 34.2 Å². The number of hydrogen-bond acceptors (Lipinski definition) is 4. The quantitative estimate of drug-likeness (QED) is 0.831. The minimum Gasteiger partial charge on any atom is -0.494 e. The van der Waals surface area contributed by atoms with Gasteiger partial charge in [-0.25, -0.2) is 4.98 Å². The fourth-order valence-electron chi connectivity index (χ4n) is 1.65. The van der Waals surface area contributed by atoms with Crippen molar-refractivity contribution >= 4 is 11.3 Å². The second-order valence-electron chi connectivity index (χ2n) is 3.56. The van der Waals surface area contributed by atoms with Crippen LogP contribution in [0.2, 0.25) is 0 Å². The number of aryl methyl sites for hydroxylation is 1. The summed E-state index contributed by atoms with van der Waals surface area (Å²) >= 11 is 1.36. The van der Waals surface area contributed by atoms with E-state index in [1.165, 1.54) is 11.3 Å². The van der Waals surface area contributed by atoms with Gasteiger partial charge in [0.15, 0.2) is 0 Å². The second kappa shape index (κ2) is 4.98. The third kappa shape index (κ3) is 2.29. The van der Waals surface area contributed by atoms with Crippen LogP contribution in [-0.2, 0) is 0 Å². The highest BCUT2D eigenvalue weighted by Gasteiger charge is 2.09. The monoisotopic (exact) mass is 244 g/mol. The van der Waals surface area contributed by atoms with Crippen molar-refractivity contribution in [2.45, 2.75) is 13.8 Å². The minimum atomic E-state index is 0.647. The van der Waals surface area contributed by atoms with Gasteiger partial charge in [0.1, 0.15) is 16.7 Å². The highest BCUT2D eigenvalue weighted by molar-refractivity contribution is 7.10. The maximum absolute atomic E-state index is 8.97. The molecule has 0 aliphatic rings. The third-order valence-electron chi connectivity index (χ3n) is 2.42. The average molecular weight is 244 g/mol. The first-order valence-corrected chi connectivity index (χ1v) is 6.21. The van der Waals surface area contributed by atoms with Crippen molar-refractivity contribution in [3.8, 4) is 23.1 Å². The summed E-state index contributed by atoms with van der Waals surface area (Å²) in [6.45, 7) is 4.61. The molecule has 1 aromatic carbocycles. The fourth-order valence-corrected chi connectivity index (χ4v) is 2.24. The molecule has 0 N–H and O–H groups in total. The Morgan fingerprint density at radius 1 is 1.47 bits per heavy atom. The molecule has 2 aromatic rings. The Kier molecular flexibility index (Phi) is 3.40. The van der Waals surface area contributed by atoms with Crippen LogP contribution >= 0.6 is 11.3 Å². The van der Waals surface area contributed by atoms with Gasteiger partial charge in [0.25, 0.3) is 0 Å². The Bertz CT molecular complexity index is 569. The van der Waals surface area contributed by atoms with E-state index in [9.17, 15) is 0 Å². The molecular weight excluding hydrogens is 232 g/mol. The Labute approximate surface area is 104 Å². The molecule has 3 nitrogen and oxygen atoms in total. The molecule has 0 unspecified atom stereocenters. The highest BCUT2D eigenvalue weighted by atomic mass is 32.1. The summed E-state index contributed by atoms with van der Waals surface area (Å²) < 4.78 is 5.48. The van der Waals surface area contributed by atoms with Crippen LogP contribution in [0.3, 0.4) is 0 Å². The molecule has 0 bridgehead atoms. The molecule has 4 heteroatoms. The van der Waals surface area contributed by atoms with Crippen molar-refractivity contribution in [1.29, 1.82) is 5.26 Å². The molecule has 0 atom stereocenters. The van der Waals surface area contributed by atoms with E-state index in [1.54, 1.807) is 5.51 Å². The fraction of sp³-hybridized carbons (Fsp3) is 0.231. The first kappa shape index (κ1) is 11.6. The minimum absolute atomic E-state index is 0.647. The van der Waals surface area contributed by atoms with Gasteiger partial charge in [-0.15, -0.1) is 11.3 Å². The van der Waals surface area contributed by atoms with E-state index >= 15 is 0 Å². The molecule has 0 saturated carbocycles. The summed E-state index contributed by atoms with van der Waals surface area (Å²) in [5.41, 5.74) is 4.47. The second-order valence-corrected chi connectivity index (χ2v) is 4.41. The lowest BCUT2D eigenvalue weighted by Gasteiger charge is -2.08. The molecule has 0 aliphatic heterocycles. The number of hydrogen-bond donors (Lipinski definition) is 0. The zero-order valence-corrected chi connectivity index (χ0v) is 10.5. The van der Waals surface area contributed by atoms with Crippen LogP contribution in [0.15, 0.2) is 23.7 Å². The summed E-state index contributed by atoms with van der Waals surface area (Å²) in [6.07, 6.45) is 0. The predicted molar refractivity (Wildman–Crippen MR) is 68.2 cm³/mol. The van der Waals surface area contributed by atoms with E-state index in [0.29, 0.717) is 11.5 Å². The Balaban J connectivity index is 2.42. The van der Waals surface area contributed by atoms with Gasteiger partial charge >= 0.3 is 0 Å². The largest absolute Gasteiger partial charge is 0.494 e. The molecule has 1 aromatic heterocycles. The van der Waals surface area contributed by atoms with Crippen LogP contribution in [0, 0.1) is 18.3 Å². The zero-order chi connectivity index (χ0) is 12.3. The molecule has 0 aliphatic carbocycles. The Morgan fingerprint density at radius 3 is 2.94 bits per heavy atom. The number of nitrogens with zero attached hydrogens (tertiary/aromatic N) is 2. The van der Waals surface area contributed by atoms with Crippen LogP contribution in [-0.4, -0.2) is 11.6 Å². The molecular formula is C13H12N2OS. The van der Waals surface area contributed by atoms with Gasteiger partial charge in [-0.05, 0) is 37.6 Å². The summed E-state index contributed by atoms with van der Waals surface area (Å²) in [5.74, 6) is 0.880. The maximum atomic E-state index is 8.97. The lowest BCUT2D eigenvalue weighted by molar-refractivity contribution is 0.338. The van der Waals surface area contributed by atoms with E-state index in [0.717, 1.165) is 22.6 Å². The summed E-state index contributed by atoms with van der Waals surface area (Å²) in [7, 11) is 0. The molecule has 86 valence electrons. The smallest absolute Gasteiger partial charge is 0.132 e. The van der Waals surface area contributed by atoms with Crippen molar-refractivity contribution < 1.29 is 4.74 Å². The normalized spacial score (nSPS) is 9.94. The van der Waals surface area contributed by atoms with Gasteiger partial charge < -0.3 is 4.74 Å². The van der Waals surface area contributed by atoms with Gasteiger partial charge in [0, 0.05) is 5.56 Å². The third-order valence-corrected chi connectivity index (χ3v) is 3.15. The predicted octanol–water partition coefficient (Wildman–Crippen LogP) is 3.39. The van der Waals surface area contributed by atoms with Crippen LogP contribution in [0.4, 0.5) is 0 Å². The lowest BCUT2D eigenvalue weighted by Crippen LogP contribution is -1.94. The number of aromatic nitrogens is 1. The number of benzene rings is 1. The lowest BCUT2D eigenvalue weighted by atomic mass is 10.1. The van der Waals surface area contributed by atoms with E-state index in [4.69, 9.17) is 10.00 Å². The van der Waals surface area contributed by atoms with Crippen LogP contribution < -0.4 is 4.74 Å². The Morgan fingerprint density at radius 2 is 2.29 bits per heavy atom. The van der Waals surface area contributed by atoms with Crippen molar-refractivity contribution in [3.63, 3.8) is 0 Å². The van der Waals surface area contributed by atoms with Crippen molar-refractivity contribution in [2.24, 2.45) is 0 Å². The van der Waals surface area contributed by atoms with Crippen LogP contribution in [0.1, 0.15) is 17.4 Å². The molecule has 1 heterocycles. The van der Waals surface area contributed by atoms with Gasteiger partial charge in [0.2, 0.25) is 0 Å². The van der Waals surface area contributed by atoms with Gasteiger partial charge in [-0.1, -0.05) is 0 Å². The topological polar surface area (TPSA) is 45.9 Å². The number of thiazole rings is 1. The van der Waals surface area contributed by atoms with Crippen molar-refractivity contribution in [1.82, 2.24) is 4.98 Å². The summed E-state index contributed by atoms with van der Waals surface area (Å²) in [5, 5.41) is 8.97. The molecule has 0 amide bonds. The number of ether oxygens (including phenoxy) is 1. The molecule has 0 spiro atoms. The number of nitriles is 1. The SMILES string of the molecule is CCOc1ccc(-c2ncsc2C#N)cc1C. The van der Waals surface area contributed by atoms with Gasteiger partial charge in [-0.3, -0.25) is 0 Å². The maximum Gasteiger partial charge on any atom is 0.132 e. The summed E-state index contributed by atoms with van der Waals surface area (Å²) in [4.78, 5) is 4.88. The number of rotatable bonds is 3. The Hall–Kier alpha value is -1.86. The summed E-state index contributed by atoms with van der Waals surface area (Å²) in [6, 6.07) is 8.02. The van der Waals surface area contributed by atoms with Gasteiger partial charge in [0.05, 0.1) is 17.8 Å².